The molecule has 0 saturated heterocycles. The third kappa shape index (κ3) is 3.27. The van der Waals surface area contributed by atoms with Gasteiger partial charge < -0.3 is 21.7 Å². The first kappa shape index (κ1) is 17.5. The Kier molecular flexibility index (Phi) is 5.10. The largest absolute Gasteiger partial charge is 0.383 e. The molecule has 0 spiro atoms. The number of nitrogens with zero attached hydrogens (tertiary/aromatic N) is 3. The van der Waals surface area contributed by atoms with Crippen LogP contribution in [-0.2, 0) is 4.79 Å². The first-order chi connectivity index (χ1) is 12.1. The Morgan fingerprint density at radius 2 is 2.20 bits per heavy atom. The van der Waals surface area contributed by atoms with Crippen molar-refractivity contribution in [3.8, 4) is 0 Å². The number of anilines is 1. The third-order valence-corrected chi connectivity index (χ3v) is 5.42. The Bertz CT molecular complexity index is 785. The van der Waals surface area contributed by atoms with Crippen LogP contribution in [0.25, 0.3) is 0 Å². The second-order valence-corrected chi connectivity index (χ2v) is 6.88. The van der Waals surface area contributed by atoms with E-state index in [-0.39, 0.29) is 5.04 Å². The van der Waals surface area contributed by atoms with Gasteiger partial charge in [0.05, 0.1) is 0 Å². The lowest BCUT2D eigenvalue weighted by Crippen LogP contribution is -2.29. The summed E-state index contributed by atoms with van der Waals surface area (Å²) in [5.41, 5.74) is 14.7. The fraction of sp³-hybridized carbons (Fsp3) is 0.353. The van der Waals surface area contributed by atoms with Crippen molar-refractivity contribution >= 4 is 33.4 Å². The summed E-state index contributed by atoms with van der Waals surface area (Å²) in [6, 6.07) is 8.25. The average Bonchev–Trinajstić information content (AvgIpc) is 3.21. The van der Waals surface area contributed by atoms with E-state index < -0.39 is 5.91 Å². The molecule has 2 aliphatic heterocycles. The molecule has 3 rings (SSSR count). The molecule has 0 aromatic heterocycles. The van der Waals surface area contributed by atoms with Crippen LogP contribution in [0.15, 0.2) is 45.8 Å². The highest BCUT2D eigenvalue weighted by Gasteiger charge is 2.33. The van der Waals surface area contributed by atoms with E-state index in [0.717, 1.165) is 37.0 Å². The minimum absolute atomic E-state index is 0.220. The van der Waals surface area contributed by atoms with E-state index in [0.29, 0.717) is 22.5 Å². The topological polar surface area (TPSA) is 109 Å². The molecule has 1 unspecified atom stereocenters. The molecular weight excluding hydrogens is 336 g/mol. The number of aliphatic imine (C=N–C) groups is 2. The van der Waals surface area contributed by atoms with Crippen molar-refractivity contribution in [1.29, 1.82) is 0 Å². The molecule has 1 amide bonds. The monoisotopic (exact) mass is 358 g/mol. The number of hydrogen-bond donors (Lipinski definition) is 3. The van der Waals surface area contributed by atoms with Gasteiger partial charge in [-0.05, 0) is 43.4 Å². The molecule has 25 heavy (non-hydrogen) atoms. The zero-order valence-electron chi connectivity index (χ0n) is 14.3. The molecule has 0 bridgehead atoms. The fourth-order valence-corrected chi connectivity index (χ4v) is 3.91. The van der Waals surface area contributed by atoms with E-state index in [1.807, 2.05) is 19.2 Å². The van der Waals surface area contributed by atoms with Crippen LogP contribution < -0.4 is 21.7 Å². The summed E-state index contributed by atoms with van der Waals surface area (Å²) in [7, 11) is 3.61. The van der Waals surface area contributed by atoms with Crippen molar-refractivity contribution in [1.82, 2.24) is 5.32 Å². The fourth-order valence-electron chi connectivity index (χ4n) is 3.15. The molecule has 0 saturated carbocycles. The average molecular weight is 358 g/mol. The second-order valence-electron chi connectivity index (χ2n) is 5.90. The molecule has 2 aliphatic rings. The Hall–Kier alpha value is -2.32. The summed E-state index contributed by atoms with van der Waals surface area (Å²) in [6.07, 6.45) is 1.02. The van der Waals surface area contributed by atoms with Crippen LogP contribution in [0.2, 0.25) is 0 Å². The van der Waals surface area contributed by atoms with Gasteiger partial charge in [0, 0.05) is 25.2 Å². The van der Waals surface area contributed by atoms with Gasteiger partial charge in [-0.25, -0.2) is 4.99 Å². The van der Waals surface area contributed by atoms with Gasteiger partial charge in [0.25, 0.3) is 5.91 Å². The number of amides is 1. The molecule has 5 N–H and O–H groups in total. The Morgan fingerprint density at radius 3 is 2.88 bits per heavy atom. The van der Waals surface area contributed by atoms with Crippen molar-refractivity contribution in [2.45, 2.75) is 12.3 Å². The van der Waals surface area contributed by atoms with Crippen LogP contribution >= 0.6 is 11.8 Å². The highest BCUT2D eigenvalue weighted by Crippen LogP contribution is 2.40. The first-order valence-corrected chi connectivity index (χ1v) is 8.92. The highest BCUT2D eigenvalue weighted by molar-refractivity contribution is 8.29. The molecule has 1 atom stereocenters. The van der Waals surface area contributed by atoms with E-state index in [1.54, 1.807) is 7.05 Å². The standard InChI is InChI=1S/C17H22N6OS/c1-20-8-7-10-9-23(12-6-4-3-5-11(10)12)14(18)13-16(21-2)25-17(22-13)15(19)24/h3-6,10,20H,7-9,18H2,1-2H3,(H2,19,24)/b14-13-,21-16+. The number of carbonyl (C=O) groups excluding carboxylic acids is 1. The molecule has 1 aromatic rings. The van der Waals surface area contributed by atoms with Gasteiger partial charge >= 0.3 is 0 Å². The zero-order chi connectivity index (χ0) is 18.0. The second kappa shape index (κ2) is 7.28. The Balaban J connectivity index is 2.00. The number of thioether (sulfide) groups is 1. The van der Waals surface area contributed by atoms with Gasteiger partial charge in [0.2, 0.25) is 0 Å². The number of nitrogens with two attached hydrogens (primary N) is 2. The highest BCUT2D eigenvalue weighted by atomic mass is 32.2. The molecule has 1 aromatic carbocycles. The van der Waals surface area contributed by atoms with Gasteiger partial charge in [0.15, 0.2) is 5.04 Å². The van der Waals surface area contributed by atoms with Crippen LogP contribution in [0.5, 0.6) is 0 Å². The van der Waals surface area contributed by atoms with Crippen molar-refractivity contribution < 1.29 is 4.79 Å². The third-order valence-electron chi connectivity index (χ3n) is 4.37. The number of rotatable bonds is 5. The number of fused-ring (bicyclic) bond motifs is 1. The van der Waals surface area contributed by atoms with Gasteiger partial charge in [0.1, 0.15) is 16.6 Å². The first-order valence-electron chi connectivity index (χ1n) is 8.11. The molecule has 2 heterocycles. The summed E-state index contributed by atoms with van der Waals surface area (Å²) in [5.74, 6) is 0.324. The quantitative estimate of drug-likeness (QED) is 0.727. The lowest BCUT2D eigenvalue weighted by atomic mass is 9.98. The molecule has 7 nitrogen and oxygen atoms in total. The van der Waals surface area contributed by atoms with Crippen molar-refractivity contribution in [2.24, 2.45) is 21.5 Å². The zero-order valence-corrected chi connectivity index (χ0v) is 15.1. The minimum Gasteiger partial charge on any atom is -0.383 e. The summed E-state index contributed by atoms with van der Waals surface area (Å²) < 4.78 is 0. The van der Waals surface area contributed by atoms with Crippen LogP contribution in [-0.4, -0.2) is 43.2 Å². The number of hydrogen-bond acceptors (Lipinski definition) is 7. The normalized spacial score (nSPS) is 23.0. The number of primary amides is 1. The van der Waals surface area contributed by atoms with Gasteiger partial charge in [-0.15, -0.1) is 0 Å². The van der Waals surface area contributed by atoms with Crippen LogP contribution in [0.1, 0.15) is 17.9 Å². The van der Waals surface area contributed by atoms with E-state index in [2.05, 4.69) is 32.3 Å². The van der Waals surface area contributed by atoms with E-state index in [4.69, 9.17) is 11.5 Å². The van der Waals surface area contributed by atoms with E-state index >= 15 is 0 Å². The summed E-state index contributed by atoms with van der Waals surface area (Å²) in [4.78, 5) is 22.0. The molecule has 8 heteroatoms. The molecular formula is C17H22N6OS. The maximum atomic E-state index is 11.5. The molecule has 132 valence electrons. The molecule has 0 aliphatic carbocycles. The van der Waals surface area contributed by atoms with Gasteiger partial charge in [-0.3, -0.25) is 9.79 Å². The SMILES string of the molecule is C/N=C1/SC(C(N)=O)=N/C1=C(/N)N1CC(CCNC)c2ccccc21. The summed E-state index contributed by atoms with van der Waals surface area (Å²) in [5, 5.41) is 4.04. The smallest absolute Gasteiger partial charge is 0.274 e. The predicted molar refractivity (Wildman–Crippen MR) is 104 cm³/mol. The number of para-hydroxylation sites is 1. The van der Waals surface area contributed by atoms with Crippen molar-refractivity contribution in [2.75, 3.05) is 32.1 Å². The van der Waals surface area contributed by atoms with Crippen molar-refractivity contribution in [3.05, 3.63) is 41.3 Å². The predicted octanol–water partition coefficient (Wildman–Crippen LogP) is 0.986. The molecule has 0 radical (unpaired) electrons. The maximum Gasteiger partial charge on any atom is 0.274 e. The maximum absolute atomic E-state index is 11.5. The van der Waals surface area contributed by atoms with Crippen molar-refractivity contribution in [3.63, 3.8) is 0 Å². The minimum atomic E-state index is -0.567. The number of benzene rings is 1. The van der Waals surface area contributed by atoms with Crippen LogP contribution in [0, 0.1) is 0 Å². The lowest BCUT2D eigenvalue weighted by molar-refractivity contribution is -0.111. The number of nitrogens with one attached hydrogen (secondary N) is 1. The van der Waals surface area contributed by atoms with E-state index in [9.17, 15) is 4.79 Å². The van der Waals surface area contributed by atoms with Gasteiger partial charge in [-0.1, -0.05) is 18.2 Å². The van der Waals surface area contributed by atoms with Gasteiger partial charge in [-0.2, -0.15) is 0 Å². The van der Waals surface area contributed by atoms with Crippen LogP contribution in [0.4, 0.5) is 5.69 Å². The summed E-state index contributed by atoms with van der Waals surface area (Å²) >= 11 is 1.16. The lowest BCUT2D eigenvalue weighted by Gasteiger charge is -2.21. The Morgan fingerprint density at radius 1 is 1.44 bits per heavy atom. The van der Waals surface area contributed by atoms with Crippen LogP contribution in [0.3, 0.4) is 0 Å². The Labute approximate surface area is 151 Å². The molecule has 0 fully saturated rings. The van der Waals surface area contributed by atoms with E-state index in [1.165, 1.54) is 5.56 Å². The number of carbonyl (C=O) groups is 1. The summed E-state index contributed by atoms with van der Waals surface area (Å²) in [6.45, 7) is 1.71.